The average Bonchev–Trinajstić information content (AvgIpc) is 2.61. The molecule has 152 valence electrons. The van der Waals surface area contributed by atoms with Crippen molar-refractivity contribution in [1.82, 2.24) is 0 Å². The Balaban J connectivity index is 4.41. The molecule has 0 heterocycles. The Hall–Kier alpha value is -1.10. The van der Waals surface area contributed by atoms with Gasteiger partial charge in [0.25, 0.3) is 0 Å². The van der Waals surface area contributed by atoms with E-state index in [0.29, 0.717) is 6.61 Å². The number of aliphatic carboxylic acids is 1. The van der Waals surface area contributed by atoms with Crippen LogP contribution in [-0.2, 0) is 14.3 Å². The number of esters is 1. The molecule has 0 fully saturated rings. The lowest BCUT2D eigenvalue weighted by Crippen LogP contribution is -2.33. The van der Waals surface area contributed by atoms with E-state index in [1.54, 1.807) is 0 Å². The SMILES string of the molecule is C=C(CC(=O)O)C(=O)OCCCC[Si](CCCC)(CCCC)CCCC. The molecule has 0 amide bonds. The van der Waals surface area contributed by atoms with E-state index in [0.717, 1.165) is 12.8 Å². The van der Waals surface area contributed by atoms with Gasteiger partial charge in [0.2, 0.25) is 0 Å². The highest BCUT2D eigenvalue weighted by Gasteiger charge is 2.30. The van der Waals surface area contributed by atoms with E-state index in [-0.39, 0.29) is 12.0 Å². The van der Waals surface area contributed by atoms with Crippen molar-refractivity contribution in [3.63, 3.8) is 0 Å². The summed E-state index contributed by atoms with van der Waals surface area (Å²) in [5.41, 5.74) is 0.0232. The number of ether oxygens (including phenoxy) is 1. The predicted molar refractivity (Wildman–Crippen MR) is 111 cm³/mol. The molecule has 0 aromatic carbocycles. The van der Waals surface area contributed by atoms with Gasteiger partial charge in [0, 0.05) is 5.57 Å². The van der Waals surface area contributed by atoms with Gasteiger partial charge in [-0.3, -0.25) is 4.79 Å². The lowest BCUT2D eigenvalue weighted by atomic mass is 10.2. The number of carboxylic acid groups (broad SMARTS) is 1. The lowest BCUT2D eigenvalue weighted by molar-refractivity contribution is -0.142. The molecule has 0 aliphatic carbocycles. The summed E-state index contributed by atoms with van der Waals surface area (Å²) < 4.78 is 5.18. The minimum absolute atomic E-state index is 0.0232. The summed E-state index contributed by atoms with van der Waals surface area (Å²) in [5, 5.41) is 8.68. The van der Waals surface area contributed by atoms with Crippen molar-refractivity contribution in [3.8, 4) is 0 Å². The highest BCUT2D eigenvalue weighted by molar-refractivity contribution is 6.79. The van der Waals surface area contributed by atoms with Gasteiger partial charge in [-0.1, -0.05) is 96.5 Å². The molecule has 4 nitrogen and oxygen atoms in total. The molecule has 26 heavy (non-hydrogen) atoms. The second kappa shape index (κ2) is 15.0. The summed E-state index contributed by atoms with van der Waals surface area (Å²) in [7, 11) is -1.21. The topological polar surface area (TPSA) is 63.6 Å². The van der Waals surface area contributed by atoms with Gasteiger partial charge in [-0.2, -0.15) is 0 Å². The van der Waals surface area contributed by atoms with Crippen molar-refractivity contribution in [2.24, 2.45) is 0 Å². The van der Waals surface area contributed by atoms with E-state index in [2.05, 4.69) is 27.4 Å². The van der Waals surface area contributed by atoms with Gasteiger partial charge in [0.15, 0.2) is 0 Å². The highest BCUT2D eigenvalue weighted by atomic mass is 28.3. The van der Waals surface area contributed by atoms with Crippen LogP contribution >= 0.6 is 0 Å². The molecule has 0 spiro atoms. The molecular weight excluding hydrogens is 344 g/mol. The van der Waals surface area contributed by atoms with Gasteiger partial charge in [-0.15, -0.1) is 0 Å². The van der Waals surface area contributed by atoms with Crippen LogP contribution in [0.25, 0.3) is 0 Å². The quantitative estimate of drug-likeness (QED) is 0.140. The normalized spacial score (nSPS) is 11.3. The van der Waals surface area contributed by atoms with E-state index in [1.165, 1.54) is 62.7 Å². The smallest absolute Gasteiger partial charge is 0.333 e. The van der Waals surface area contributed by atoms with Crippen LogP contribution < -0.4 is 0 Å². The highest BCUT2D eigenvalue weighted by Crippen LogP contribution is 2.33. The fourth-order valence-electron chi connectivity index (χ4n) is 3.53. The maximum Gasteiger partial charge on any atom is 0.333 e. The first kappa shape index (κ1) is 24.9. The number of rotatable bonds is 17. The lowest BCUT2D eigenvalue weighted by Gasteiger charge is -2.32. The van der Waals surface area contributed by atoms with Crippen molar-refractivity contribution < 1.29 is 19.4 Å². The molecule has 0 radical (unpaired) electrons. The molecule has 0 bridgehead atoms. The van der Waals surface area contributed by atoms with Crippen LogP contribution in [0.15, 0.2) is 12.2 Å². The zero-order valence-corrected chi connectivity index (χ0v) is 18.3. The van der Waals surface area contributed by atoms with Gasteiger partial charge < -0.3 is 9.84 Å². The van der Waals surface area contributed by atoms with Crippen LogP contribution in [0.5, 0.6) is 0 Å². The first-order chi connectivity index (χ1) is 12.4. The number of carbonyl (C=O) groups excluding carboxylic acids is 1. The summed E-state index contributed by atoms with van der Waals surface area (Å²) in [6, 6.07) is 5.66. The first-order valence-electron chi connectivity index (χ1n) is 10.5. The van der Waals surface area contributed by atoms with E-state index in [4.69, 9.17) is 9.84 Å². The summed E-state index contributed by atoms with van der Waals surface area (Å²) in [5.74, 6) is -1.62. The third kappa shape index (κ3) is 11.5. The summed E-state index contributed by atoms with van der Waals surface area (Å²) in [4.78, 5) is 22.3. The molecule has 0 unspecified atom stereocenters. The second-order valence-corrected chi connectivity index (χ2v) is 12.6. The van der Waals surface area contributed by atoms with Crippen LogP contribution in [-0.4, -0.2) is 31.7 Å². The van der Waals surface area contributed by atoms with Crippen molar-refractivity contribution in [2.75, 3.05) is 6.61 Å². The second-order valence-electron chi connectivity index (χ2n) is 7.58. The number of hydrogen-bond acceptors (Lipinski definition) is 3. The van der Waals surface area contributed by atoms with E-state index < -0.39 is 20.0 Å². The van der Waals surface area contributed by atoms with Crippen LogP contribution in [0.2, 0.25) is 24.2 Å². The predicted octanol–water partition coefficient (Wildman–Crippen LogP) is 6.19. The Morgan fingerprint density at radius 1 is 0.846 bits per heavy atom. The van der Waals surface area contributed by atoms with Crippen molar-refractivity contribution in [1.29, 1.82) is 0 Å². The summed E-state index contributed by atoms with van der Waals surface area (Å²) in [6.45, 7) is 10.7. The van der Waals surface area contributed by atoms with Crippen molar-refractivity contribution >= 4 is 20.0 Å². The molecule has 0 aliphatic rings. The Morgan fingerprint density at radius 3 is 1.73 bits per heavy atom. The fraction of sp³-hybridized carbons (Fsp3) is 0.810. The Bertz CT molecular complexity index is 398. The molecular formula is C21H40O4Si. The molecule has 0 aromatic rings. The number of carbonyl (C=O) groups is 2. The third-order valence-corrected chi connectivity index (χ3v) is 10.8. The van der Waals surface area contributed by atoms with Crippen LogP contribution in [0.1, 0.15) is 78.6 Å². The molecule has 0 rings (SSSR count). The Kier molecular flexibility index (Phi) is 14.4. The van der Waals surface area contributed by atoms with Crippen LogP contribution in [0.3, 0.4) is 0 Å². The number of hydrogen-bond donors (Lipinski definition) is 1. The van der Waals surface area contributed by atoms with Crippen LogP contribution in [0, 0.1) is 0 Å². The van der Waals surface area contributed by atoms with Crippen molar-refractivity contribution in [3.05, 3.63) is 12.2 Å². The van der Waals surface area contributed by atoms with Gasteiger partial charge in [-0.25, -0.2) is 4.79 Å². The van der Waals surface area contributed by atoms with Gasteiger partial charge >= 0.3 is 11.9 Å². The van der Waals surface area contributed by atoms with E-state index >= 15 is 0 Å². The molecule has 0 aromatic heterocycles. The van der Waals surface area contributed by atoms with E-state index in [1.807, 2.05) is 0 Å². The Labute approximate surface area is 161 Å². The van der Waals surface area contributed by atoms with Crippen molar-refractivity contribution in [2.45, 2.75) is 103 Å². The standard InChI is InChI=1S/C21H40O4Si/c1-5-8-14-26(15-9-6-2,16-10-7-3)17-12-11-13-25-21(24)19(4)18-20(22)23/h4-18H2,1-3H3,(H,22,23). The minimum atomic E-state index is -1.21. The molecule has 1 N–H and O–H groups in total. The Morgan fingerprint density at radius 2 is 1.31 bits per heavy atom. The first-order valence-corrected chi connectivity index (χ1v) is 13.3. The third-order valence-electron chi connectivity index (χ3n) is 5.17. The number of unbranched alkanes of at least 4 members (excludes halogenated alkanes) is 4. The molecule has 0 atom stereocenters. The molecule has 0 saturated heterocycles. The maximum atomic E-state index is 11.7. The zero-order chi connectivity index (χ0) is 19.8. The monoisotopic (exact) mass is 384 g/mol. The maximum absolute atomic E-state index is 11.7. The van der Waals surface area contributed by atoms with Crippen LogP contribution in [0.4, 0.5) is 0 Å². The zero-order valence-electron chi connectivity index (χ0n) is 17.3. The molecule has 0 aliphatic heterocycles. The fourth-order valence-corrected chi connectivity index (χ4v) is 9.34. The summed E-state index contributed by atoms with van der Waals surface area (Å²) in [6.07, 6.45) is 9.51. The van der Waals surface area contributed by atoms with Gasteiger partial charge in [0.05, 0.1) is 21.1 Å². The van der Waals surface area contributed by atoms with Gasteiger partial charge in [0.1, 0.15) is 0 Å². The largest absolute Gasteiger partial charge is 0.481 e. The molecule has 5 heteroatoms. The number of carboxylic acids is 1. The average molecular weight is 385 g/mol. The summed E-state index contributed by atoms with van der Waals surface area (Å²) >= 11 is 0. The molecule has 0 saturated carbocycles. The van der Waals surface area contributed by atoms with E-state index in [9.17, 15) is 9.59 Å². The minimum Gasteiger partial charge on any atom is -0.481 e. The van der Waals surface area contributed by atoms with Gasteiger partial charge in [-0.05, 0) is 6.42 Å².